The second-order valence-electron chi connectivity index (χ2n) is 9.17. The number of hydrogen-bond donors (Lipinski definition) is 1. The first-order valence-corrected chi connectivity index (χ1v) is 11.6. The maximum Gasteiger partial charge on any atom is 0.238 e. The normalized spacial score (nSPS) is 25.6. The Balaban J connectivity index is 1.22. The van der Waals surface area contributed by atoms with Gasteiger partial charge in [-0.05, 0) is 61.3 Å². The second kappa shape index (κ2) is 9.11. The Hall–Kier alpha value is -2.21. The fourth-order valence-corrected chi connectivity index (χ4v) is 5.43. The van der Waals surface area contributed by atoms with Crippen molar-refractivity contribution in [3.05, 3.63) is 65.2 Å². The van der Waals surface area contributed by atoms with Gasteiger partial charge in [-0.25, -0.2) is 0 Å². The van der Waals surface area contributed by atoms with E-state index >= 15 is 0 Å². The fraction of sp³-hybridized carbons (Fsp3) is 0.500. The van der Waals surface area contributed by atoms with Crippen LogP contribution in [0, 0.1) is 0 Å². The molecule has 2 atom stereocenters. The summed E-state index contributed by atoms with van der Waals surface area (Å²) in [5, 5.41) is 3.19. The van der Waals surface area contributed by atoms with Gasteiger partial charge >= 0.3 is 0 Å². The van der Waals surface area contributed by atoms with Crippen molar-refractivity contribution in [2.45, 2.75) is 56.8 Å². The van der Waals surface area contributed by atoms with Crippen molar-refractivity contribution in [2.24, 2.45) is 0 Å². The zero-order valence-corrected chi connectivity index (χ0v) is 18.1. The largest absolute Gasteiger partial charge is 0.371 e. The highest BCUT2D eigenvalue weighted by molar-refractivity contribution is 5.93. The fourth-order valence-electron chi connectivity index (χ4n) is 5.43. The minimum atomic E-state index is -0.277. The molecule has 0 radical (unpaired) electrons. The molecular weight excluding hydrogens is 388 g/mol. The van der Waals surface area contributed by atoms with Gasteiger partial charge in [0.15, 0.2) is 0 Å². The molecule has 1 amide bonds. The molecule has 2 saturated heterocycles. The lowest BCUT2D eigenvalue weighted by Crippen LogP contribution is -2.42. The lowest BCUT2D eigenvalue weighted by atomic mass is 9.90. The molecule has 31 heavy (non-hydrogen) atoms. The van der Waals surface area contributed by atoms with E-state index in [0.29, 0.717) is 13.2 Å². The summed E-state index contributed by atoms with van der Waals surface area (Å²) in [5.74, 6) is 0.0517. The lowest BCUT2D eigenvalue weighted by Gasteiger charge is -2.29. The van der Waals surface area contributed by atoms with E-state index in [9.17, 15) is 4.79 Å². The summed E-state index contributed by atoms with van der Waals surface area (Å²) in [6, 6.07) is 16.6. The Bertz CT molecular complexity index is 908. The number of likely N-dealkylation sites (tertiary alicyclic amines) is 1. The number of fused-ring (bicyclic) bond motifs is 1. The topological polar surface area (TPSA) is 50.8 Å². The second-order valence-corrected chi connectivity index (χ2v) is 9.17. The van der Waals surface area contributed by atoms with E-state index in [2.05, 4.69) is 34.5 Å². The molecule has 0 aromatic heterocycles. The number of rotatable bonds is 6. The van der Waals surface area contributed by atoms with Gasteiger partial charge in [0.1, 0.15) is 11.7 Å². The molecule has 2 fully saturated rings. The number of ether oxygens (including phenoxy) is 2. The quantitative estimate of drug-likeness (QED) is 0.769. The standard InChI is InChI=1S/C26H32N2O3/c29-25(27-23-13-6-11-21-10-4-5-12-22(21)23)17-28-16-24(26(19-28)14-7-15-31-26)30-18-20-8-2-1-3-9-20/h1-3,6,8-9,11,13,24H,4-5,7,10,12,14-19H2,(H,27,29)/t24-,26-/m0/s1. The van der Waals surface area contributed by atoms with Crippen LogP contribution in [0.15, 0.2) is 48.5 Å². The highest BCUT2D eigenvalue weighted by Crippen LogP contribution is 2.37. The molecule has 0 saturated carbocycles. The third kappa shape index (κ3) is 4.54. The summed E-state index contributed by atoms with van der Waals surface area (Å²) >= 11 is 0. The van der Waals surface area contributed by atoms with Crippen molar-refractivity contribution in [2.75, 3.05) is 31.6 Å². The molecule has 5 heteroatoms. The number of aryl methyl sites for hydroxylation is 1. The van der Waals surface area contributed by atoms with Crippen LogP contribution in [0.4, 0.5) is 5.69 Å². The SMILES string of the molecule is O=C(CN1C[C@H](OCc2ccccc2)[C@]2(CCCO2)C1)Nc1cccc2c1CCCC2. The smallest absolute Gasteiger partial charge is 0.238 e. The number of hydrogen-bond acceptors (Lipinski definition) is 4. The number of amides is 1. The van der Waals surface area contributed by atoms with Gasteiger partial charge in [-0.15, -0.1) is 0 Å². The van der Waals surface area contributed by atoms with E-state index in [4.69, 9.17) is 9.47 Å². The van der Waals surface area contributed by atoms with Crippen molar-refractivity contribution in [3.63, 3.8) is 0 Å². The Morgan fingerprint density at radius 3 is 2.81 bits per heavy atom. The van der Waals surface area contributed by atoms with Crippen LogP contribution in [0.1, 0.15) is 42.4 Å². The highest BCUT2D eigenvalue weighted by atomic mass is 16.6. The maximum atomic E-state index is 12.9. The zero-order chi connectivity index (χ0) is 21.1. The van der Waals surface area contributed by atoms with Gasteiger partial charge in [0.2, 0.25) is 5.91 Å². The van der Waals surface area contributed by atoms with Crippen molar-refractivity contribution < 1.29 is 14.3 Å². The van der Waals surface area contributed by atoms with E-state index in [-0.39, 0.29) is 17.6 Å². The predicted octanol–water partition coefficient (Wildman–Crippen LogP) is 3.95. The Kier molecular flexibility index (Phi) is 6.08. The van der Waals surface area contributed by atoms with E-state index in [1.165, 1.54) is 29.5 Å². The van der Waals surface area contributed by atoms with E-state index < -0.39 is 0 Å². The Morgan fingerprint density at radius 1 is 1.10 bits per heavy atom. The summed E-state index contributed by atoms with van der Waals surface area (Å²) in [5.41, 5.74) is 4.59. The first-order chi connectivity index (χ1) is 15.2. The predicted molar refractivity (Wildman–Crippen MR) is 121 cm³/mol. The number of nitrogens with one attached hydrogen (secondary N) is 1. The van der Waals surface area contributed by atoms with Gasteiger partial charge in [-0.1, -0.05) is 42.5 Å². The van der Waals surface area contributed by atoms with Gasteiger partial charge in [0.25, 0.3) is 0 Å². The molecular formula is C26H32N2O3. The zero-order valence-electron chi connectivity index (χ0n) is 18.1. The molecule has 2 heterocycles. The van der Waals surface area contributed by atoms with Gasteiger partial charge in [-0.3, -0.25) is 9.69 Å². The van der Waals surface area contributed by atoms with Crippen LogP contribution in [0.5, 0.6) is 0 Å². The number of anilines is 1. The molecule has 164 valence electrons. The summed E-state index contributed by atoms with van der Waals surface area (Å²) in [6.07, 6.45) is 6.66. The molecule has 0 unspecified atom stereocenters. The number of carbonyl (C=O) groups excluding carboxylic acids is 1. The van der Waals surface area contributed by atoms with E-state index in [1.807, 2.05) is 24.3 Å². The summed E-state index contributed by atoms with van der Waals surface area (Å²) in [7, 11) is 0. The van der Waals surface area contributed by atoms with Crippen LogP contribution in [-0.4, -0.2) is 48.8 Å². The Morgan fingerprint density at radius 2 is 1.97 bits per heavy atom. The molecule has 1 N–H and O–H groups in total. The Labute approximate surface area is 184 Å². The first-order valence-electron chi connectivity index (χ1n) is 11.6. The molecule has 5 nitrogen and oxygen atoms in total. The number of carbonyl (C=O) groups is 1. The lowest BCUT2D eigenvalue weighted by molar-refractivity contribution is -0.117. The molecule has 5 rings (SSSR count). The molecule has 2 aliphatic heterocycles. The number of nitrogens with zero attached hydrogens (tertiary/aromatic N) is 1. The van der Waals surface area contributed by atoms with Gasteiger partial charge < -0.3 is 14.8 Å². The van der Waals surface area contributed by atoms with Crippen molar-refractivity contribution in [1.82, 2.24) is 4.90 Å². The van der Waals surface area contributed by atoms with Gasteiger partial charge in [-0.2, -0.15) is 0 Å². The van der Waals surface area contributed by atoms with Gasteiger partial charge in [0.05, 0.1) is 13.2 Å². The number of benzene rings is 2. The van der Waals surface area contributed by atoms with Crippen LogP contribution in [0.25, 0.3) is 0 Å². The van der Waals surface area contributed by atoms with E-state index in [0.717, 1.165) is 51.1 Å². The molecule has 1 spiro atoms. The van der Waals surface area contributed by atoms with Crippen LogP contribution >= 0.6 is 0 Å². The van der Waals surface area contributed by atoms with E-state index in [1.54, 1.807) is 0 Å². The monoisotopic (exact) mass is 420 g/mol. The van der Waals surface area contributed by atoms with Crippen LogP contribution in [-0.2, 0) is 33.7 Å². The molecule has 2 aromatic carbocycles. The average Bonchev–Trinajstić information content (AvgIpc) is 3.40. The van der Waals surface area contributed by atoms with Crippen LogP contribution in [0.2, 0.25) is 0 Å². The summed E-state index contributed by atoms with van der Waals surface area (Å²) in [6.45, 7) is 3.22. The minimum absolute atomic E-state index is 0.00695. The molecule has 3 aliphatic rings. The third-order valence-electron chi connectivity index (χ3n) is 6.97. The van der Waals surface area contributed by atoms with Crippen molar-refractivity contribution >= 4 is 11.6 Å². The average molecular weight is 421 g/mol. The molecule has 1 aliphatic carbocycles. The minimum Gasteiger partial charge on any atom is -0.371 e. The maximum absolute atomic E-state index is 12.9. The van der Waals surface area contributed by atoms with Crippen molar-refractivity contribution in [3.8, 4) is 0 Å². The highest BCUT2D eigenvalue weighted by Gasteiger charge is 2.50. The third-order valence-corrected chi connectivity index (χ3v) is 6.97. The van der Waals surface area contributed by atoms with Crippen LogP contribution < -0.4 is 5.32 Å². The summed E-state index contributed by atoms with van der Waals surface area (Å²) < 4.78 is 12.5. The van der Waals surface area contributed by atoms with Gasteiger partial charge in [0, 0.05) is 25.4 Å². The van der Waals surface area contributed by atoms with Crippen LogP contribution in [0.3, 0.4) is 0 Å². The molecule has 2 aromatic rings. The molecule has 0 bridgehead atoms. The van der Waals surface area contributed by atoms with Crippen molar-refractivity contribution in [1.29, 1.82) is 0 Å². The summed E-state index contributed by atoms with van der Waals surface area (Å²) in [4.78, 5) is 15.1. The first kappa shape index (κ1) is 20.7.